The third kappa shape index (κ3) is 5.59. The van der Waals surface area contributed by atoms with Gasteiger partial charge in [0.25, 0.3) is 0 Å². The molecular weight excluding hydrogens is 412 g/mol. The normalized spacial score (nSPS) is 13.1. The number of rotatable bonds is 10. The number of allylic oxidation sites excluding steroid dienone is 1. The molecule has 0 spiro atoms. The van der Waals surface area contributed by atoms with Crippen LogP contribution in [0.3, 0.4) is 0 Å². The van der Waals surface area contributed by atoms with Crippen LogP contribution in [-0.4, -0.2) is 33.2 Å². The lowest BCUT2D eigenvalue weighted by molar-refractivity contribution is 0.348. The smallest absolute Gasteiger partial charge is 0.324 e. The third-order valence-corrected chi connectivity index (χ3v) is 6.24. The number of hydrogen-bond acceptors (Lipinski definition) is 7. The fraction of sp³-hybridized carbons (Fsp3) is 0.462. The summed E-state index contributed by atoms with van der Waals surface area (Å²) in [5.41, 5.74) is 9.64. The molecule has 7 heteroatoms. The maximum atomic E-state index is 5.77. The van der Waals surface area contributed by atoms with Crippen LogP contribution < -0.4 is 10.6 Å². The number of benzene rings is 1. The van der Waals surface area contributed by atoms with Crippen LogP contribution in [0.5, 0.6) is 0 Å². The molecule has 176 valence electrons. The van der Waals surface area contributed by atoms with E-state index in [0.717, 1.165) is 42.6 Å². The summed E-state index contributed by atoms with van der Waals surface area (Å²) < 4.78 is 5.77. The summed E-state index contributed by atoms with van der Waals surface area (Å²) in [5, 5.41) is 4.45. The predicted octanol–water partition coefficient (Wildman–Crippen LogP) is 5.64. The average Bonchev–Trinajstić information content (AvgIpc) is 3.29. The van der Waals surface area contributed by atoms with Gasteiger partial charge in [-0.05, 0) is 50.7 Å². The fourth-order valence-electron chi connectivity index (χ4n) is 3.85. The zero-order chi connectivity index (χ0) is 24.0. The van der Waals surface area contributed by atoms with E-state index in [1.807, 2.05) is 0 Å². The highest BCUT2D eigenvalue weighted by Gasteiger charge is 2.38. The van der Waals surface area contributed by atoms with Crippen LogP contribution in [0, 0.1) is 5.92 Å². The van der Waals surface area contributed by atoms with E-state index >= 15 is 0 Å². The molecule has 0 bridgehead atoms. The van der Waals surface area contributed by atoms with Crippen LogP contribution in [0.15, 0.2) is 52.8 Å². The Morgan fingerprint density at radius 1 is 1.09 bits per heavy atom. The number of nitrogens with two attached hydrogens (primary N) is 1. The Hall–Kier alpha value is -3.22. The molecule has 0 saturated heterocycles. The first-order valence-electron chi connectivity index (χ1n) is 11.7. The fourth-order valence-corrected chi connectivity index (χ4v) is 3.85. The lowest BCUT2D eigenvalue weighted by Crippen LogP contribution is -2.32. The van der Waals surface area contributed by atoms with Crippen molar-refractivity contribution in [2.45, 2.75) is 59.8 Å². The Balaban J connectivity index is 1.89. The number of anilines is 2. The molecule has 3 rings (SSSR count). The maximum Gasteiger partial charge on any atom is 0.324 e. The van der Waals surface area contributed by atoms with Crippen LogP contribution in [-0.2, 0) is 5.41 Å². The van der Waals surface area contributed by atoms with E-state index in [4.69, 9.17) is 15.2 Å². The Labute approximate surface area is 197 Å². The molecule has 0 aliphatic rings. The van der Waals surface area contributed by atoms with Crippen LogP contribution in [0.25, 0.3) is 11.1 Å². The predicted molar refractivity (Wildman–Crippen MR) is 134 cm³/mol. The summed E-state index contributed by atoms with van der Waals surface area (Å²) in [6, 6.07) is 9.00. The first kappa shape index (κ1) is 24.4. The molecule has 0 saturated carbocycles. The second-order valence-electron chi connectivity index (χ2n) is 9.22. The van der Waals surface area contributed by atoms with Gasteiger partial charge in [0, 0.05) is 31.0 Å². The molecular formula is C26H36N6O. The maximum absolute atomic E-state index is 5.77. The highest BCUT2D eigenvalue weighted by molar-refractivity contribution is 5.62. The molecule has 0 aliphatic heterocycles. The molecule has 3 aromatic rings. The van der Waals surface area contributed by atoms with Gasteiger partial charge in [0.05, 0.1) is 5.41 Å². The van der Waals surface area contributed by atoms with Gasteiger partial charge >= 0.3 is 6.01 Å². The number of hydrogen-bond donors (Lipinski definition) is 1. The van der Waals surface area contributed by atoms with Gasteiger partial charge < -0.3 is 15.2 Å². The average molecular weight is 449 g/mol. The second kappa shape index (κ2) is 10.6. The molecule has 2 heterocycles. The molecule has 2 aromatic heterocycles. The van der Waals surface area contributed by atoms with Crippen molar-refractivity contribution in [3.05, 3.63) is 59.7 Å². The number of nitrogen functional groups attached to an aromatic ring is 1. The van der Waals surface area contributed by atoms with Crippen molar-refractivity contribution in [1.29, 1.82) is 0 Å². The molecule has 0 aliphatic carbocycles. The minimum Gasteiger partial charge on any atom is -0.368 e. The summed E-state index contributed by atoms with van der Waals surface area (Å²) in [4.78, 5) is 15.2. The number of nitrogens with zero attached hydrogens (tertiary/aromatic N) is 5. The van der Waals surface area contributed by atoms with Crippen molar-refractivity contribution in [3.8, 4) is 11.1 Å². The van der Waals surface area contributed by atoms with Gasteiger partial charge in [-0.2, -0.15) is 4.98 Å². The first-order valence-corrected chi connectivity index (χ1v) is 11.7. The Kier molecular flexibility index (Phi) is 7.84. The van der Waals surface area contributed by atoms with Gasteiger partial charge in [-0.15, -0.1) is 0 Å². The van der Waals surface area contributed by atoms with Crippen molar-refractivity contribution < 1.29 is 4.52 Å². The topological polar surface area (TPSA) is 94.0 Å². The summed E-state index contributed by atoms with van der Waals surface area (Å²) in [7, 11) is 0. The van der Waals surface area contributed by atoms with Crippen molar-refractivity contribution in [2.24, 2.45) is 5.92 Å². The Bertz CT molecular complexity index is 1050. The third-order valence-electron chi connectivity index (χ3n) is 6.24. The van der Waals surface area contributed by atoms with Gasteiger partial charge in [0.15, 0.2) is 5.82 Å². The lowest BCUT2D eigenvalue weighted by atomic mass is 9.72. The van der Waals surface area contributed by atoms with Crippen molar-refractivity contribution in [1.82, 2.24) is 20.1 Å². The molecule has 0 amide bonds. The highest BCUT2D eigenvalue weighted by Crippen LogP contribution is 2.38. The van der Waals surface area contributed by atoms with E-state index in [9.17, 15) is 0 Å². The molecule has 2 N–H and O–H groups in total. The van der Waals surface area contributed by atoms with E-state index in [2.05, 4.69) is 91.9 Å². The minimum absolute atomic E-state index is 0.263. The van der Waals surface area contributed by atoms with Crippen molar-refractivity contribution in [3.63, 3.8) is 0 Å². The van der Waals surface area contributed by atoms with Gasteiger partial charge in [-0.25, -0.2) is 9.97 Å². The van der Waals surface area contributed by atoms with Gasteiger partial charge in [-0.3, -0.25) is 0 Å². The molecule has 33 heavy (non-hydrogen) atoms. The van der Waals surface area contributed by atoms with Gasteiger partial charge in [0.2, 0.25) is 5.95 Å². The summed E-state index contributed by atoms with van der Waals surface area (Å²) in [6.45, 7) is 14.7. The Morgan fingerprint density at radius 2 is 1.76 bits per heavy atom. The SMILES string of the molecule is CCCN(CCC=C(C)C)c1nc(C(C)(c2ccc(-c3cnc(N)nc3)cc2)C(C)C)no1. The quantitative estimate of drug-likeness (QED) is 0.401. The van der Waals surface area contributed by atoms with Crippen molar-refractivity contribution >= 4 is 12.0 Å². The standard InChI is InChI=1S/C26H36N6O/c1-7-14-32(15-8-9-18(2)3)25-30-23(31-33-25)26(6,19(4)5)22-12-10-20(11-13-22)21-16-28-24(27)29-17-21/h9-13,16-17,19H,7-8,14-15H2,1-6H3,(H2,27,28,29). The van der Waals surface area contributed by atoms with E-state index in [0.29, 0.717) is 11.8 Å². The lowest BCUT2D eigenvalue weighted by Gasteiger charge is -2.31. The number of aromatic nitrogens is 4. The largest absolute Gasteiger partial charge is 0.368 e. The van der Waals surface area contributed by atoms with Crippen molar-refractivity contribution in [2.75, 3.05) is 23.7 Å². The molecule has 0 radical (unpaired) electrons. The molecule has 1 unspecified atom stereocenters. The zero-order valence-electron chi connectivity index (χ0n) is 20.7. The molecule has 7 nitrogen and oxygen atoms in total. The van der Waals surface area contributed by atoms with E-state index in [1.54, 1.807) is 12.4 Å². The second-order valence-corrected chi connectivity index (χ2v) is 9.22. The monoisotopic (exact) mass is 448 g/mol. The van der Waals surface area contributed by atoms with E-state index in [-0.39, 0.29) is 11.9 Å². The van der Waals surface area contributed by atoms with Crippen LogP contribution in [0.1, 0.15) is 65.8 Å². The minimum atomic E-state index is -0.393. The van der Waals surface area contributed by atoms with Crippen LogP contribution in [0.2, 0.25) is 0 Å². The zero-order valence-corrected chi connectivity index (χ0v) is 20.7. The van der Waals surface area contributed by atoms with Gasteiger partial charge in [-0.1, -0.05) is 61.8 Å². The molecule has 1 atom stereocenters. The summed E-state index contributed by atoms with van der Waals surface area (Å²) in [5.74, 6) is 1.24. The summed E-state index contributed by atoms with van der Waals surface area (Å²) in [6.07, 6.45) is 7.69. The van der Waals surface area contributed by atoms with E-state index in [1.165, 1.54) is 5.57 Å². The van der Waals surface area contributed by atoms with Crippen LogP contribution >= 0.6 is 0 Å². The van der Waals surface area contributed by atoms with E-state index < -0.39 is 5.41 Å². The van der Waals surface area contributed by atoms with Gasteiger partial charge in [0.1, 0.15) is 0 Å². The first-order chi connectivity index (χ1) is 15.8. The Morgan fingerprint density at radius 3 is 2.33 bits per heavy atom. The molecule has 0 fully saturated rings. The molecule has 1 aromatic carbocycles. The summed E-state index contributed by atoms with van der Waals surface area (Å²) >= 11 is 0. The van der Waals surface area contributed by atoms with Crippen LogP contribution in [0.4, 0.5) is 12.0 Å². The highest BCUT2D eigenvalue weighted by atomic mass is 16.5.